The molecule has 0 spiro atoms. The van der Waals surface area contributed by atoms with Gasteiger partial charge >= 0.3 is 6.09 Å². The van der Waals surface area contributed by atoms with E-state index in [0.717, 1.165) is 37.5 Å². The highest BCUT2D eigenvalue weighted by Gasteiger charge is 2.26. The van der Waals surface area contributed by atoms with Crippen LogP contribution in [0.1, 0.15) is 31.2 Å². The number of benzene rings is 1. The minimum atomic E-state index is -0.442. The molecule has 2 atom stereocenters. The van der Waals surface area contributed by atoms with Crippen molar-refractivity contribution in [1.82, 2.24) is 5.32 Å². The van der Waals surface area contributed by atoms with Crippen LogP contribution in [0.15, 0.2) is 30.3 Å². The second kappa shape index (κ2) is 6.92. The zero-order chi connectivity index (χ0) is 13.5. The number of hydrogen-bond acceptors (Lipinski definition) is 3. The van der Waals surface area contributed by atoms with Crippen LogP contribution >= 0.6 is 0 Å². The molecular formula is C15H19NO3. The zero-order valence-electron chi connectivity index (χ0n) is 10.9. The average molecular weight is 261 g/mol. The molecule has 1 aromatic rings. The number of hydrogen-bond donors (Lipinski definition) is 1. The summed E-state index contributed by atoms with van der Waals surface area (Å²) in [4.78, 5) is 22.6. The summed E-state index contributed by atoms with van der Waals surface area (Å²) in [7, 11) is 0. The van der Waals surface area contributed by atoms with Gasteiger partial charge in [-0.15, -0.1) is 0 Å². The Morgan fingerprint density at radius 3 is 2.74 bits per heavy atom. The highest BCUT2D eigenvalue weighted by Crippen LogP contribution is 2.22. The Balaban J connectivity index is 1.79. The van der Waals surface area contributed by atoms with Crippen LogP contribution in [-0.2, 0) is 16.1 Å². The minimum Gasteiger partial charge on any atom is -0.445 e. The summed E-state index contributed by atoms with van der Waals surface area (Å²) in [5, 5.41) is 2.80. The molecule has 2 rings (SSSR count). The lowest BCUT2D eigenvalue weighted by atomic mass is 9.86. The molecule has 1 aromatic carbocycles. The van der Waals surface area contributed by atoms with Crippen molar-refractivity contribution in [3.63, 3.8) is 0 Å². The fourth-order valence-corrected chi connectivity index (χ4v) is 2.42. The lowest BCUT2D eigenvalue weighted by Gasteiger charge is -2.27. The van der Waals surface area contributed by atoms with E-state index in [2.05, 4.69) is 5.32 Å². The van der Waals surface area contributed by atoms with Gasteiger partial charge in [-0.3, -0.25) is 0 Å². The van der Waals surface area contributed by atoms with E-state index >= 15 is 0 Å². The molecule has 0 aliphatic heterocycles. The Hall–Kier alpha value is -1.84. The molecule has 1 amide bonds. The number of alkyl carbamates (subject to hydrolysis) is 1. The molecule has 0 saturated heterocycles. The highest BCUT2D eigenvalue weighted by atomic mass is 16.5. The minimum absolute atomic E-state index is 0.0713. The molecule has 0 unspecified atom stereocenters. The standard InChI is InChI=1S/C15H19NO3/c17-10-13-8-4-5-9-14(13)16-15(18)19-11-12-6-2-1-3-7-12/h1-3,6-7,10,13-14H,4-5,8-9,11H2,(H,16,18)/t13-,14-/m0/s1. The van der Waals surface area contributed by atoms with Crippen molar-refractivity contribution in [3.05, 3.63) is 35.9 Å². The Morgan fingerprint density at radius 2 is 2.00 bits per heavy atom. The molecule has 1 aliphatic rings. The van der Waals surface area contributed by atoms with Crippen molar-refractivity contribution >= 4 is 12.4 Å². The van der Waals surface area contributed by atoms with Gasteiger partial charge in [0.1, 0.15) is 12.9 Å². The zero-order valence-corrected chi connectivity index (χ0v) is 10.9. The van der Waals surface area contributed by atoms with Crippen LogP contribution in [-0.4, -0.2) is 18.4 Å². The topological polar surface area (TPSA) is 55.4 Å². The van der Waals surface area contributed by atoms with Gasteiger partial charge in [0.25, 0.3) is 0 Å². The number of carbonyl (C=O) groups excluding carboxylic acids is 2. The third kappa shape index (κ3) is 4.09. The molecule has 0 aromatic heterocycles. The molecule has 0 radical (unpaired) electrons. The SMILES string of the molecule is O=C[C@@H]1CCCC[C@@H]1NC(=O)OCc1ccccc1. The quantitative estimate of drug-likeness (QED) is 0.848. The molecule has 102 valence electrons. The average Bonchev–Trinajstić information content (AvgIpc) is 2.47. The van der Waals surface area contributed by atoms with Crippen LogP contribution in [0, 0.1) is 5.92 Å². The van der Waals surface area contributed by atoms with E-state index in [0.29, 0.717) is 0 Å². The van der Waals surface area contributed by atoms with E-state index in [9.17, 15) is 9.59 Å². The van der Waals surface area contributed by atoms with Crippen molar-refractivity contribution in [1.29, 1.82) is 0 Å². The maximum Gasteiger partial charge on any atom is 0.407 e. The molecule has 4 heteroatoms. The number of rotatable bonds is 4. The highest BCUT2D eigenvalue weighted by molar-refractivity contribution is 5.68. The van der Waals surface area contributed by atoms with Crippen molar-refractivity contribution in [3.8, 4) is 0 Å². The van der Waals surface area contributed by atoms with Gasteiger partial charge in [0.15, 0.2) is 0 Å². The Labute approximate surface area is 113 Å². The maximum atomic E-state index is 11.7. The summed E-state index contributed by atoms with van der Waals surface area (Å²) in [5.74, 6) is -0.0713. The fraction of sp³-hybridized carbons (Fsp3) is 0.467. The van der Waals surface area contributed by atoms with Gasteiger partial charge in [-0.25, -0.2) is 4.79 Å². The first kappa shape index (κ1) is 13.6. The summed E-state index contributed by atoms with van der Waals surface area (Å²) >= 11 is 0. The number of carbonyl (C=O) groups is 2. The van der Waals surface area contributed by atoms with Crippen LogP contribution in [0.2, 0.25) is 0 Å². The van der Waals surface area contributed by atoms with Crippen molar-refractivity contribution < 1.29 is 14.3 Å². The summed E-state index contributed by atoms with van der Waals surface area (Å²) in [5.41, 5.74) is 0.952. The number of ether oxygens (including phenoxy) is 1. The van der Waals surface area contributed by atoms with Crippen LogP contribution in [0.25, 0.3) is 0 Å². The molecule has 1 aliphatic carbocycles. The summed E-state index contributed by atoms with van der Waals surface area (Å²) in [6.07, 6.45) is 4.31. The van der Waals surface area contributed by atoms with Gasteiger partial charge in [0.05, 0.1) is 0 Å². The van der Waals surface area contributed by atoms with E-state index in [1.54, 1.807) is 0 Å². The van der Waals surface area contributed by atoms with Gasteiger partial charge in [-0.1, -0.05) is 43.2 Å². The molecule has 19 heavy (non-hydrogen) atoms. The molecule has 0 heterocycles. The summed E-state index contributed by atoms with van der Waals surface area (Å²) < 4.78 is 5.16. The lowest BCUT2D eigenvalue weighted by molar-refractivity contribution is -0.112. The lowest BCUT2D eigenvalue weighted by Crippen LogP contribution is -2.42. The first-order valence-corrected chi connectivity index (χ1v) is 6.72. The van der Waals surface area contributed by atoms with Gasteiger partial charge in [-0.05, 0) is 18.4 Å². The Bertz CT molecular complexity index is 419. The molecule has 1 N–H and O–H groups in total. The van der Waals surface area contributed by atoms with Gasteiger partial charge in [0.2, 0.25) is 0 Å². The molecule has 1 saturated carbocycles. The summed E-state index contributed by atoms with van der Waals surface area (Å²) in [6.45, 7) is 0.255. The Morgan fingerprint density at radius 1 is 1.26 bits per heavy atom. The van der Waals surface area contributed by atoms with Crippen molar-refractivity contribution in [2.45, 2.75) is 38.3 Å². The second-order valence-corrected chi connectivity index (χ2v) is 4.90. The second-order valence-electron chi connectivity index (χ2n) is 4.90. The third-order valence-corrected chi connectivity index (χ3v) is 3.51. The van der Waals surface area contributed by atoms with E-state index in [4.69, 9.17) is 4.74 Å². The normalized spacial score (nSPS) is 22.5. The van der Waals surface area contributed by atoms with Crippen LogP contribution < -0.4 is 5.32 Å². The van der Waals surface area contributed by atoms with E-state index in [1.165, 1.54) is 0 Å². The van der Waals surface area contributed by atoms with Crippen LogP contribution in [0.5, 0.6) is 0 Å². The Kier molecular flexibility index (Phi) is 4.95. The largest absolute Gasteiger partial charge is 0.445 e. The third-order valence-electron chi connectivity index (χ3n) is 3.51. The summed E-state index contributed by atoms with van der Waals surface area (Å²) in [6, 6.07) is 9.46. The first-order valence-electron chi connectivity index (χ1n) is 6.72. The monoisotopic (exact) mass is 261 g/mol. The van der Waals surface area contributed by atoms with Gasteiger partial charge in [0, 0.05) is 12.0 Å². The van der Waals surface area contributed by atoms with Crippen molar-refractivity contribution in [2.75, 3.05) is 0 Å². The van der Waals surface area contributed by atoms with E-state index in [-0.39, 0.29) is 18.6 Å². The van der Waals surface area contributed by atoms with E-state index in [1.807, 2.05) is 30.3 Å². The van der Waals surface area contributed by atoms with Crippen molar-refractivity contribution in [2.24, 2.45) is 5.92 Å². The molecular weight excluding hydrogens is 242 g/mol. The van der Waals surface area contributed by atoms with E-state index < -0.39 is 6.09 Å². The number of amides is 1. The molecule has 1 fully saturated rings. The first-order chi connectivity index (χ1) is 9.29. The van der Waals surface area contributed by atoms with Gasteiger partial charge in [-0.2, -0.15) is 0 Å². The smallest absolute Gasteiger partial charge is 0.407 e. The molecule has 0 bridgehead atoms. The predicted molar refractivity (Wildman–Crippen MR) is 71.6 cm³/mol. The van der Waals surface area contributed by atoms with Gasteiger partial charge < -0.3 is 14.8 Å². The van der Waals surface area contributed by atoms with Crippen LogP contribution in [0.4, 0.5) is 4.79 Å². The fourth-order valence-electron chi connectivity index (χ4n) is 2.42. The van der Waals surface area contributed by atoms with Crippen LogP contribution in [0.3, 0.4) is 0 Å². The number of aldehydes is 1. The maximum absolute atomic E-state index is 11.7. The number of nitrogens with one attached hydrogen (secondary N) is 1. The molecule has 4 nitrogen and oxygen atoms in total. The predicted octanol–water partition coefficient (Wildman–Crippen LogP) is 2.67.